The minimum Gasteiger partial charge on any atom is -0.396 e. The fourth-order valence-electron chi connectivity index (χ4n) is 1.93. The lowest BCUT2D eigenvalue weighted by molar-refractivity contribution is 0.133. The highest BCUT2D eigenvalue weighted by Crippen LogP contribution is 2.30. The molecule has 1 unspecified atom stereocenters. The number of aliphatic hydroxyl groups is 1. The Kier molecular flexibility index (Phi) is 3.92. The highest BCUT2D eigenvalue weighted by Gasteiger charge is 2.32. The normalized spacial score (nSPS) is 28.1. The van der Waals surface area contributed by atoms with Gasteiger partial charge in [0.15, 0.2) is 0 Å². The zero-order valence-electron chi connectivity index (χ0n) is 8.62. The molecular formula is C9H19NO3S. The van der Waals surface area contributed by atoms with Crippen molar-refractivity contribution >= 4 is 9.84 Å². The first-order chi connectivity index (χ1) is 6.47. The van der Waals surface area contributed by atoms with E-state index in [1.165, 1.54) is 6.26 Å². The van der Waals surface area contributed by atoms with Crippen molar-refractivity contribution in [1.82, 2.24) is 5.32 Å². The average Bonchev–Trinajstić information content (AvgIpc) is 2.52. The fraction of sp³-hybridized carbons (Fsp3) is 1.00. The number of sulfone groups is 1. The summed E-state index contributed by atoms with van der Waals surface area (Å²) in [5.41, 5.74) is -0.0648. The second-order valence-electron chi connectivity index (χ2n) is 4.32. The Labute approximate surface area is 85.6 Å². The largest absolute Gasteiger partial charge is 0.396 e. The average molecular weight is 221 g/mol. The van der Waals surface area contributed by atoms with Crippen LogP contribution in [-0.2, 0) is 9.84 Å². The zero-order valence-corrected chi connectivity index (χ0v) is 9.44. The van der Waals surface area contributed by atoms with Crippen molar-refractivity contribution in [2.45, 2.75) is 19.3 Å². The molecule has 5 heteroatoms. The molecule has 0 bridgehead atoms. The molecule has 0 aromatic carbocycles. The van der Waals surface area contributed by atoms with E-state index >= 15 is 0 Å². The van der Waals surface area contributed by atoms with E-state index in [4.69, 9.17) is 0 Å². The van der Waals surface area contributed by atoms with Crippen molar-refractivity contribution in [2.75, 3.05) is 31.7 Å². The van der Waals surface area contributed by atoms with Crippen molar-refractivity contribution in [3.05, 3.63) is 0 Å². The Morgan fingerprint density at radius 2 is 2.21 bits per heavy atom. The van der Waals surface area contributed by atoms with Crippen molar-refractivity contribution in [3.8, 4) is 0 Å². The molecule has 2 N–H and O–H groups in total. The molecule has 0 aromatic heterocycles. The second kappa shape index (κ2) is 4.59. The number of hydrogen-bond donors (Lipinski definition) is 2. The first-order valence-electron chi connectivity index (χ1n) is 4.97. The first-order valence-corrected chi connectivity index (χ1v) is 7.03. The lowest BCUT2D eigenvalue weighted by Crippen LogP contribution is -2.28. The molecule has 0 spiro atoms. The maximum atomic E-state index is 10.9. The van der Waals surface area contributed by atoms with E-state index in [-0.39, 0.29) is 17.8 Å². The third-order valence-electron chi connectivity index (χ3n) is 2.89. The van der Waals surface area contributed by atoms with E-state index in [9.17, 15) is 13.5 Å². The van der Waals surface area contributed by atoms with Gasteiger partial charge in [0.2, 0.25) is 0 Å². The number of hydrogen-bond acceptors (Lipinski definition) is 4. The Morgan fingerprint density at radius 3 is 2.64 bits per heavy atom. The maximum absolute atomic E-state index is 10.9. The summed E-state index contributed by atoms with van der Waals surface area (Å²) < 4.78 is 21.8. The van der Waals surface area contributed by atoms with Gasteiger partial charge in [-0.2, -0.15) is 0 Å². The zero-order chi connectivity index (χ0) is 10.7. The molecular weight excluding hydrogens is 202 g/mol. The van der Waals surface area contributed by atoms with E-state index in [1.54, 1.807) is 0 Å². The van der Waals surface area contributed by atoms with E-state index in [2.05, 4.69) is 5.32 Å². The van der Waals surface area contributed by atoms with Crippen LogP contribution < -0.4 is 5.32 Å². The van der Waals surface area contributed by atoms with Crippen LogP contribution in [0.15, 0.2) is 0 Å². The molecule has 1 fully saturated rings. The predicted octanol–water partition coefficient (Wildman–Crippen LogP) is -0.217. The second-order valence-corrected chi connectivity index (χ2v) is 6.58. The number of nitrogens with one attached hydrogen (secondary N) is 1. The Bertz CT molecular complexity index is 268. The van der Waals surface area contributed by atoms with Crippen LogP contribution in [-0.4, -0.2) is 45.2 Å². The van der Waals surface area contributed by atoms with Crippen LogP contribution in [0.2, 0.25) is 0 Å². The summed E-state index contributed by atoms with van der Waals surface area (Å²) in [6.45, 7) is 1.90. The van der Waals surface area contributed by atoms with Crippen LogP contribution >= 0.6 is 0 Å². The summed E-state index contributed by atoms with van der Waals surface area (Å²) in [4.78, 5) is 0. The number of aliphatic hydroxyl groups excluding tert-OH is 1. The predicted molar refractivity (Wildman–Crippen MR) is 56.0 cm³/mol. The highest BCUT2D eigenvalue weighted by atomic mass is 32.2. The van der Waals surface area contributed by atoms with Gasteiger partial charge in [-0.15, -0.1) is 0 Å². The molecule has 0 amide bonds. The summed E-state index contributed by atoms with van der Waals surface area (Å²) in [6, 6.07) is 0. The molecule has 1 aliphatic rings. The summed E-state index contributed by atoms with van der Waals surface area (Å²) in [6.07, 6.45) is 3.66. The minimum atomic E-state index is -2.85. The summed E-state index contributed by atoms with van der Waals surface area (Å²) in [5.74, 6) is 0.231. The Hall–Kier alpha value is -0.130. The molecule has 0 saturated carbocycles. The van der Waals surface area contributed by atoms with E-state index < -0.39 is 9.84 Å². The smallest absolute Gasteiger partial charge is 0.147 e. The van der Waals surface area contributed by atoms with Crippen molar-refractivity contribution in [3.63, 3.8) is 0 Å². The third kappa shape index (κ3) is 3.55. The molecule has 0 aromatic rings. The van der Waals surface area contributed by atoms with Crippen LogP contribution in [0.25, 0.3) is 0 Å². The van der Waals surface area contributed by atoms with E-state index in [0.29, 0.717) is 6.42 Å². The van der Waals surface area contributed by atoms with Gasteiger partial charge in [0.1, 0.15) is 9.84 Å². The van der Waals surface area contributed by atoms with Crippen molar-refractivity contribution in [2.24, 2.45) is 5.41 Å². The molecule has 1 aliphatic heterocycles. The van der Waals surface area contributed by atoms with Gasteiger partial charge in [-0.25, -0.2) is 8.42 Å². The van der Waals surface area contributed by atoms with Crippen LogP contribution in [0.3, 0.4) is 0 Å². The van der Waals surface area contributed by atoms with Crippen LogP contribution in [0, 0.1) is 5.41 Å². The van der Waals surface area contributed by atoms with Crippen LogP contribution in [0.1, 0.15) is 19.3 Å². The molecule has 14 heavy (non-hydrogen) atoms. The van der Waals surface area contributed by atoms with Crippen molar-refractivity contribution in [1.29, 1.82) is 0 Å². The molecule has 0 radical (unpaired) electrons. The topological polar surface area (TPSA) is 66.4 Å². The monoisotopic (exact) mass is 221 g/mol. The molecule has 1 saturated heterocycles. The van der Waals surface area contributed by atoms with Gasteiger partial charge >= 0.3 is 0 Å². The standard InChI is InChI=1S/C9H19NO3S/c1-14(12,13)6-2-3-9(8-11)4-5-10-7-9/h10-11H,2-8H2,1H3. The molecule has 1 heterocycles. The van der Waals surface area contributed by atoms with Crippen LogP contribution in [0.5, 0.6) is 0 Å². The van der Waals surface area contributed by atoms with Gasteiger partial charge in [0, 0.05) is 30.6 Å². The molecule has 0 aliphatic carbocycles. The van der Waals surface area contributed by atoms with Gasteiger partial charge in [0.05, 0.1) is 0 Å². The number of rotatable bonds is 5. The molecule has 1 atom stereocenters. The fourth-order valence-corrected chi connectivity index (χ4v) is 2.60. The molecule has 1 rings (SSSR count). The minimum absolute atomic E-state index is 0.0648. The van der Waals surface area contributed by atoms with E-state index in [0.717, 1.165) is 25.9 Å². The van der Waals surface area contributed by atoms with Crippen LogP contribution in [0.4, 0.5) is 0 Å². The van der Waals surface area contributed by atoms with Gasteiger partial charge in [0.25, 0.3) is 0 Å². The summed E-state index contributed by atoms with van der Waals surface area (Å²) >= 11 is 0. The first kappa shape index (κ1) is 11.9. The highest BCUT2D eigenvalue weighted by molar-refractivity contribution is 7.90. The Morgan fingerprint density at radius 1 is 1.50 bits per heavy atom. The summed E-state index contributed by atoms with van der Waals surface area (Å²) in [7, 11) is -2.85. The third-order valence-corrected chi connectivity index (χ3v) is 3.92. The SMILES string of the molecule is CS(=O)(=O)CCCC1(CO)CCNC1. The quantitative estimate of drug-likeness (QED) is 0.674. The Balaban J connectivity index is 2.35. The van der Waals surface area contributed by atoms with Gasteiger partial charge in [-0.05, 0) is 25.8 Å². The van der Waals surface area contributed by atoms with Crippen molar-refractivity contribution < 1.29 is 13.5 Å². The lowest BCUT2D eigenvalue weighted by Gasteiger charge is -2.25. The molecule has 4 nitrogen and oxygen atoms in total. The lowest BCUT2D eigenvalue weighted by atomic mass is 9.83. The molecule has 84 valence electrons. The van der Waals surface area contributed by atoms with Gasteiger partial charge in [-0.3, -0.25) is 0 Å². The van der Waals surface area contributed by atoms with Gasteiger partial charge in [-0.1, -0.05) is 0 Å². The summed E-state index contributed by atoms with van der Waals surface area (Å²) in [5, 5.41) is 12.5. The van der Waals surface area contributed by atoms with E-state index in [1.807, 2.05) is 0 Å². The van der Waals surface area contributed by atoms with Gasteiger partial charge < -0.3 is 10.4 Å². The maximum Gasteiger partial charge on any atom is 0.147 e.